The summed E-state index contributed by atoms with van der Waals surface area (Å²) in [5.41, 5.74) is 3.11. The predicted octanol–water partition coefficient (Wildman–Crippen LogP) is 3.65. The van der Waals surface area contributed by atoms with Gasteiger partial charge in [-0.15, -0.1) is 0 Å². The Hall–Kier alpha value is -1.77. The summed E-state index contributed by atoms with van der Waals surface area (Å²) in [6.07, 6.45) is 3.06. The molecule has 0 aliphatic rings. The molecule has 0 bridgehead atoms. The van der Waals surface area contributed by atoms with Crippen LogP contribution in [0.3, 0.4) is 0 Å². The van der Waals surface area contributed by atoms with Crippen molar-refractivity contribution in [2.45, 2.75) is 26.2 Å². The third kappa shape index (κ3) is 2.33. The van der Waals surface area contributed by atoms with Gasteiger partial charge in [0.05, 0.1) is 7.11 Å². The van der Waals surface area contributed by atoms with Crippen LogP contribution in [-0.4, -0.2) is 12.1 Å². The van der Waals surface area contributed by atoms with Crippen molar-refractivity contribution in [1.29, 1.82) is 0 Å². The van der Waals surface area contributed by atoms with Crippen molar-refractivity contribution >= 4 is 0 Å². The molecule has 0 unspecified atom stereocenters. The molecule has 0 saturated heterocycles. The molecule has 3 nitrogen and oxygen atoms in total. The molecule has 1 aromatic heterocycles. The first-order chi connectivity index (χ1) is 8.02. The van der Waals surface area contributed by atoms with E-state index in [1.807, 2.05) is 6.07 Å². The summed E-state index contributed by atoms with van der Waals surface area (Å²) in [6.45, 7) is 6.55. The fourth-order valence-corrected chi connectivity index (χ4v) is 1.72. The van der Waals surface area contributed by atoms with Crippen molar-refractivity contribution in [1.82, 2.24) is 4.98 Å². The van der Waals surface area contributed by atoms with Crippen LogP contribution in [0, 0.1) is 0 Å². The van der Waals surface area contributed by atoms with Crippen molar-refractivity contribution in [2.24, 2.45) is 0 Å². The van der Waals surface area contributed by atoms with E-state index < -0.39 is 0 Å². The first kappa shape index (κ1) is 11.7. The third-order valence-corrected chi connectivity index (χ3v) is 2.77. The van der Waals surface area contributed by atoms with Gasteiger partial charge in [-0.1, -0.05) is 26.8 Å². The van der Waals surface area contributed by atoms with Gasteiger partial charge < -0.3 is 9.15 Å². The molecule has 1 aromatic carbocycles. The van der Waals surface area contributed by atoms with Crippen LogP contribution >= 0.6 is 0 Å². The predicted molar refractivity (Wildman–Crippen MR) is 67.2 cm³/mol. The summed E-state index contributed by atoms with van der Waals surface area (Å²) in [4.78, 5) is 4.17. The first-order valence-corrected chi connectivity index (χ1v) is 5.59. The highest BCUT2D eigenvalue weighted by Crippen LogP contribution is 2.33. The fourth-order valence-electron chi connectivity index (χ4n) is 1.72. The van der Waals surface area contributed by atoms with Crippen molar-refractivity contribution in [3.8, 4) is 17.0 Å². The van der Waals surface area contributed by atoms with Gasteiger partial charge in [0.25, 0.3) is 0 Å². The zero-order valence-electron chi connectivity index (χ0n) is 10.7. The van der Waals surface area contributed by atoms with Gasteiger partial charge in [0.15, 0.2) is 6.39 Å². The Labute approximate surface area is 101 Å². The topological polar surface area (TPSA) is 35.3 Å². The SMILES string of the molecule is COc1ccc(C(C)(C)C)cc1-c1cocn1. The van der Waals surface area contributed by atoms with Crippen LogP contribution in [0.5, 0.6) is 5.75 Å². The lowest BCUT2D eigenvalue weighted by Crippen LogP contribution is -2.11. The molecule has 0 aliphatic heterocycles. The molecular formula is C14H17NO2. The molecule has 0 aliphatic carbocycles. The molecule has 0 N–H and O–H groups in total. The van der Waals surface area contributed by atoms with E-state index in [9.17, 15) is 0 Å². The van der Waals surface area contributed by atoms with Crippen LogP contribution in [0.25, 0.3) is 11.3 Å². The maximum atomic E-state index is 5.36. The molecule has 3 heteroatoms. The molecule has 17 heavy (non-hydrogen) atoms. The lowest BCUT2D eigenvalue weighted by molar-refractivity contribution is 0.415. The minimum Gasteiger partial charge on any atom is -0.496 e. The van der Waals surface area contributed by atoms with Gasteiger partial charge in [-0.3, -0.25) is 0 Å². The average Bonchev–Trinajstić information content (AvgIpc) is 2.80. The molecule has 2 aromatic rings. The highest BCUT2D eigenvalue weighted by molar-refractivity contribution is 5.67. The zero-order chi connectivity index (χ0) is 12.5. The minimum atomic E-state index is 0.102. The summed E-state index contributed by atoms with van der Waals surface area (Å²) < 4.78 is 10.4. The molecule has 1 heterocycles. The highest BCUT2D eigenvalue weighted by atomic mass is 16.5. The van der Waals surface area contributed by atoms with Gasteiger partial charge in [0.1, 0.15) is 17.7 Å². The Kier molecular flexibility index (Phi) is 2.92. The zero-order valence-corrected chi connectivity index (χ0v) is 10.7. The second-order valence-electron chi connectivity index (χ2n) is 5.04. The lowest BCUT2D eigenvalue weighted by Gasteiger charge is -2.20. The van der Waals surface area contributed by atoms with Crippen LogP contribution in [0.15, 0.2) is 35.3 Å². The van der Waals surface area contributed by atoms with Crippen LogP contribution in [0.4, 0.5) is 0 Å². The van der Waals surface area contributed by atoms with E-state index in [4.69, 9.17) is 9.15 Å². The van der Waals surface area contributed by atoms with E-state index in [-0.39, 0.29) is 5.41 Å². The Morgan fingerprint density at radius 3 is 2.53 bits per heavy atom. The first-order valence-electron chi connectivity index (χ1n) is 5.59. The van der Waals surface area contributed by atoms with Crippen LogP contribution in [0.2, 0.25) is 0 Å². The van der Waals surface area contributed by atoms with Gasteiger partial charge in [0.2, 0.25) is 0 Å². The fraction of sp³-hybridized carbons (Fsp3) is 0.357. The van der Waals surface area contributed by atoms with E-state index >= 15 is 0 Å². The molecule has 0 radical (unpaired) electrons. The van der Waals surface area contributed by atoms with Gasteiger partial charge >= 0.3 is 0 Å². The largest absolute Gasteiger partial charge is 0.496 e. The van der Waals surface area contributed by atoms with Gasteiger partial charge in [-0.2, -0.15) is 0 Å². The number of aromatic nitrogens is 1. The number of methoxy groups -OCH3 is 1. The second kappa shape index (κ2) is 4.24. The number of benzene rings is 1. The molecule has 2 rings (SSSR count). The maximum Gasteiger partial charge on any atom is 0.181 e. The quantitative estimate of drug-likeness (QED) is 0.791. The molecule has 0 saturated carbocycles. The second-order valence-corrected chi connectivity index (χ2v) is 5.04. The van der Waals surface area contributed by atoms with Crippen molar-refractivity contribution < 1.29 is 9.15 Å². The van der Waals surface area contributed by atoms with Crippen LogP contribution in [0.1, 0.15) is 26.3 Å². The minimum absolute atomic E-state index is 0.102. The van der Waals surface area contributed by atoms with E-state index in [2.05, 4.69) is 37.9 Å². The number of hydrogen-bond acceptors (Lipinski definition) is 3. The van der Waals surface area contributed by atoms with E-state index in [1.165, 1.54) is 12.0 Å². The number of nitrogens with zero attached hydrogens (tertiary/aromatic N) is 1. The number of rotatable bonds is 2. The summed E-state index contributed by atoms with van der Waals surface area (Å²) in [7, 11) is 1.66. The summed E-state index contributed by atoms with van der Waals surface area (Å²) >= 11 is 0. The van der Waals surface area contributed by atoms with Crippen molar-refractivity contribution in [2.75, 3.05) is 7.11 Å². The Morgan fingerprint density at radius 1 is 1.24 bits per heavy atom. The maximum absolute atomic E-state index is 5.36. The standard InChI is InChI=1S/C14H17NO2/c1-14(2,3)10-5-6-13(16-4)11(7-10)12-8-17-9-15-12/h5-9H,1-4H3. The summed E-state index contributed by atoms with van der Waals surface area (Å²) in [5, 5.41) is 0. The van der Waals surface area contributed by atoms with E-state index in [1.54, 1.807) is 13.4 Å². The Morgan fingerprint density at radius 2 is 2.00 bits per heavy atom. The van der Waals surface area contributed by atoms with Crippen molar-refractivity contribution in [3.05, 3.63) is 36.4 Å². The lowest BCUT2D eigenvalue weighted by atomic mass is 9.86. The number of hydrogen-bond donors (Lipinski definition) is 0. The molecular weight excluding hydrogens is 214 g/mol. The normalized spacial score (nSPS) is 11.5. The molecule has 90 valence electrons. The Bertz CT molecular complexity index is 495. The van der Waals surface area contributed by atoms with Crippen LogP contribution < -0.4 is 4.74 Å². The van der Waals surface area contributed by atoms with Gasteiger partial charge in [-0.05, 0) is 23.1 Å². The summed E-state index contributed by atoms with van der Waals surface area (Å²) in [6, 6.07) is 6.17. The van der Waals surface area contributed by atoms with Gasteiger partial charge in [-0.25, -0.2) is 4.98 Å². The van der Waals surface area contributed by atoms with Crippen molar-refractivity contribution in [3.63, 3.8) is 0 Å². The highest BCUT2D eigenvalue weighted by Gasteiger charge is 2.17. The molecule has 0 atom stereocenters. The molecule has 0 fully saturated rings. The number of oxazole rings is 1. The third-order valence-electron chi connectivity index (χ3n) is 2.77. The molecule has 0 amide bonds. The van der Waals surface area contributed by atoms with Crippen LogP contribution in [-0.2, 0) is 5.41 Å². The van der Waals surface area contributed by atoms with E-state index in [0.29, 0.717) is 0 Å². The van der Waals surface area contributed by atoms with E-state index in [0.717, 1.165) is 17.0 Å². The molecule has 0 spiro atoms. The average molecular weight is 231 g/mol. The Balaban J connectivity index is 2.55. The monoisotopic (exact) mass is 231 g/mol. The number of ether oxygens (including phenoxy) is 1. The van der Waals surface area contributed by atoms with Gasteiger partial charge in [0, 0.05) is 5.56 Å². The smallest absolute Gasteiger partial charge is 0.181 e. The summed E-state index contributed by atoms with van der Waals surface area (Å²) in [5.74, 6) is 0.812.